The van der Waals surface area contributed by atoms with E-state index in [-0.39, 0.29) is 5.91 Å². The van der Waals surface area contributed by atoms with Crippen molar-refractivity contribution in [2.75, 3.05) is 24.3 Å². The molecule has 1 aromatic rings. The zero-order valence-corrected chi connectivity index (χ0v) is 14.9. The number of anilines is 2. The predicted molar refractivity (Wildman–Crippen MR) is 98.1 cm³/mol. The van der Waals surface area contributed by atoms with Crippen LogP contribution in [0.25, 0.3) is 0 Å². The van der Waals surface area contributed by atoms with Gasteiger partial charge in [-0.3, -0.25) is 4.79 Å². The van der Waals surface area contributed by atoms with E-state index in [9.17, 15) is 4.79 Å². The van der Waals surface area contributed by atoms with Crippen LogP contribution in [-0.4, -0.2) is 19.1 Å². The molecular formula is C19H27ClN2O2. The monoisotopic (exact) mass is 350 g/mol. The van der Waals surface area contributed by atoms with Crippen LogP contribution in [0, 0.1) is 17.8 Å². The van der Waals surface area contributed by atoms with Crippen molar-refractivity contribution in [2.24, 2.45) is 17.8 Å². The van der Waals surface area contributed by atoms with Gasteiger partial charge in [0.2, 0.25) is 5.91 Å². The summed E-state index contributed by atoms with van der Waals surface area (Å²) < 4.78 is 5.47. The molecule has 2 aliphatic rings. The van der Waals surface area contributed by atoms with Gasteiger partial charge in [0.15, 0.2) is 0 Å². The van der Waals surface area contributed by atoms with E-state index < -0.39 is 0 Å². The van der Waals surface area contributed by atoms with E-state index >= 15 is 0 Å². The first-order valence-electron chi connectivity index (χ1n) is 9.04. The first-order valence-corrected chi connectivity index (χ1v) is 9.42. The minimum Gasteiger partial charge on any atom is -0.397 e. The van der Waals surface area contributed by atoms with Gasteiger partial charge in [0.25, 0.3) is 0 Å². The van der Waals surface area contributed by atoms with Crippen LogP contribution in [0.3, 0.4) is 0 Å². The summed E-state index contributed by atoms with van der Waals surface area (Å²) in [5.74, 6) is 2.22. The maximum Gasteiger partial charge on any atom is 0.224 e. The Balaban J connectivity index is 1.44. The van der Waals surface area contributed by atoms with Crippen molar-refractivity contribution in [3.8, 4) is 0 Å². The van der Waals surface area contributed by atoms with Crippen LogP contribution >= 0.6 is 11.6 Å². The Hall–Kier alpha value is -1.26. The standard InChI is InChI=1S/C19H27ClN2O2/c20-16-5-6-18(17(21)12-16)22-19(23)11-13-1-3-14(4-2-13)15-7-9-24-10-8-15/h5-6,12-15H,1-4,7-11,21H2,(H,22,23). The van der Waals surface area contributed by atoms with E-state index in [1.807, 2.05) is 0 Å². The topological polar surface area (TPSA) is 64.3 Å². The van der Waals surface area contributed by atoms with Gasteiger partial charge in [-0.15, -0.1) is 0 Å². The summed E-state index contributed by atoms with van der Waals surface area (Å²) >= 11 is 5.89. The maximum absolute atomic E-state index is 12.3. The van der Waals surface area contributed by atoms with E-state index in [4.69, 9.17) is 22.1 Å². The summed E-state index contributed by atoms with van der Waals surface area (Å²) in [4.78, 5) is 12.3. The molecule has 24 heavy (non-hydrogen) atoms. The van der Waals surface area contributed by atoms with Crippen molar-refractivity contribution in [1.82, 2.24) is 0 Å². The lowest BCUT2D eigenvalue weighted by Gasteiger charge is -2.35. The molecule has 0 aromatic heterocycles. The van der Waals surface area contributed by atoms with Gasteiger partial charge in [0, 0.05) is 24.7 Å². The third-order valence-electron chi connectivity index (χ3n) is 5.59. The molecule has 0 unspecified atom stereocenters. The second kappa shape index (κ2) is 8.21. The Kier molecular flexibility index (Phi) is 6.01. The van der Waals surface area contributed by atoms with E-state index in [0.717, 1.165) is 37.9 Å². The van der Waals surface area contributed by atoms with Crippen molar-refractivity contribution < 1.29 is 9.53 Å². The molecule has 1 aliphatic heterocycles. The van der Waals surface area contributed by atoms with Gasteiger partial charge in [-0.2, -0.15) is 0 Å². The van der Waals surface area contributed by atoms with Crippen LogP contribution in [0.4, 0.5) is 11.4 Å². The Bertz CT molecular complexity index is 564. The van der Waals surface area contributed by atoms with Crippen molar-refractivity contribution >= 4 is 28.9 Å². The molecular weight excluding hydrogens is 324 g/mol. The molecule has 5 heteroatoms. The highest BCUT2D eigenvalue weighted by atomic mass is 35.5. The average Bonchev–Trinajstić information content (AvgIpc) is 2.59. The number of ether oxygens (including phenoxy) is 1. The van der Waals surface area contributed by atoms with Crippen molar-refractivity contribution in [2.45, 2.75) is 44.9 Å². The molecule has 1 heterocycles. The van der Waals surface area contributed by atoms with Gasteiger partial charge in [-0.1, -0.05) is 11.6 Å². The van der Waals surface area contributed by atoms with Gasteiger partial charge in [0.1, 0.15) is 0 Å². The predicted octanol–water partition coefficient (Wildman–Crippen LogP) is 4.48. The Morgan fingerprint density at radius 1 is 1.12 bits per heavy atom. The molecule has 1 saturated carbocycles. The lowest BCUT2D eigenvalue weighted by molar-refractivity contribution is -0.117. The normalized spacial score (nSPS) is 25.4. The summed E-state index contributed by atoms with van der Waals surface area (Å²) in [6, 6.07) is 5.17. The third-order valence-corrected chi connectivity index (χ3v) is 5.82. The summed E-state index contributed by atoms with van der Waals surface area (Å²) in [5.41, 5.74) is 7.06. The molecule has 1 aliphatic carbocycles. The molecule has 0 atom stereocenters. The number of rotatable bonds is 4. The van der Waals surface area contributed by atoms with Crippen molar-refractivity contribution in [3.05, 3.63) is 23.2 Å². The second-order valence-electron chi connectivity index (χ2n) is 7.21. The van der Waals surface area contributed by atoms with Crippen molar-refractivity contribution in [1.29, 1.82) is 0 Å². The summed E-state index contributed by atoms with van der Waals surface area (Å²) in [7, 11) is 0. The molecule has 3 rings (SSSR count). The minimum absolute atomic E-state index is 0.0542. The second-order valence-corrected chi connectivity index (χ2v) is 7.65. The maximum atomic E-state index is 12.3. The van der Waals surface area contributed by atoms with Gasteiger partial charge in [0.05, 0.1) is 11.4 Å². The lowest BCUT2D eigenvalue weighted by Crippen LogP contribution is -2.28. The highest BCUT2D eigenvalue weighted by Crippen LogP contribution is 2.38. The highest BCUT2D eigenvalue weighted by molar-refractivity contribution is 6.31. The lowest BCUT2D eigenvalue weighted by atomic mass is 9.72. The molecule has 0 radical (unpaired) electrons. The van der Waals surface area contributed by atoms with Crippen LogP contribution in [0.1, 0.15) is 44.9 Å². The Labute approximate surface area is 149 Å². The molecule has 0 bridgehead atoms. The number of carbonyl (C=O) groups is 1. The van der Waals surface area contributed by atoms with Gasteiger partial charge in [-0.05, 0) is 74.5 Å². The number of halogens is 1. The quantitative estimate of drug-likeness (QED) is 0.786. The molecule has 3 N–H and O–H groups in total. The SMILES string of the molecule is Nc1cc(Cl)ccc1NC(=O)CC1CCC(C2CCOCC2)CC1. The number of carbonyl (C=O) groups excluding carboxylic acids is 1. The first-order chi connectivity index (χ1) is 11.6. The number of nitrogen functional groups attached to an aromatic ring is 1. The number of benzene rings is 1. The van der Waals surface area contributed by atoms with Gasteiger partial charge >= 0.3 is 0 Å². The minimum atomic E-state index is 0.0542. The number of nitrogens with one attached hydrogen (secondary N) is 1. The van der Waals surface area contributed by atoms with Gasteiger partial charge < -0.3 is 15.8 Å². The smallest absolute Gasteiger partial charge is 0.224 e. The summed E-state index contributed by atoms with van der Waals surface area (Å²) in [6.45, 7) is 1.85. The van der Waals surface area contributed by atoms with E-state index in [0.29, 0.717) is 28.7 Å². The Morgan fingerprint density at radius 2 is 1.79 bits per heavy atom. The van der Waals surface area contributed by atoms with E-state index in [1.165, 1.54) is 25.7 Å². The van der Waals surface area contributed by atoms with E-state index in [1.54, 1.807) is 18.2 Å². The number of hydrogen-bond donors (Lipinski definition) is 2. The number of hydrogen-bond acceptors (Lipinski definition) is 3. The van der Waals surface area contributed by atoms with Crippen LogP contribution < -0.4 is 11.1 Å². The fraction of sp³-hybridized carbons (Fsp3) is 0.632. The fourth-order valence-electron chi connectivity index (χ4n) is 4.16. The van der Waals surface area contributed by atoms with E-state index in [2.05, 4.69) is 5.32 Å². The van der Waals surface area contributed by atoms with Crippen LogP contribution in [-0.2, 0) is 9.53 Å². The molecule has 0 spiro atoms. The molecule has 1 aromatic carbocycles. The first kappa shape index (κ1) is 17.6. The number of nitrogens with two attached hydrogens (primary N) is 1. The molecule has 132 valence electrons. The molecule has 2 fully saturated rings. The van der Waals surface area contributed by atoms with Gasteiger partial charge in [-0.25, -0.2) is 0 Å². The zero-order chi connectivity index (χ0) is 16.9. The zero-order valence-electron chi connectivity index (χ0n) is 14.1. The molecule has 1 amide bonds. The largest absolute Gasteiger partial charge is 0.397 e. The Morgan fingerprint density at radius 3 is 2.46 bits per heavy atom. The summed E-state index contributed by atoms with van der Waals surface area (Å²) in [5, 5.41) is 3.50. The van der Waals surface area contributed by atoms with Crippen LogP contribution in [0.2, 0.25) is 5.02 Å². The summed E-state index contributed by atoms with van der Waals surface area (Å²) in [6.07, 6.45) is 7.84. The van der Waals surface area contributed by atoms with Crippen LogP contribution in [0.15, 0.2) is 18.2 Å². The van der Waals surface area contributed by atoms with Crippen LogP contribution in [0.5, 0.6) is 0 Å². The molecule has 1 saturated heterocycles. The highest BCUT2D eigenvalue weighted by Gasteiger charge is 2.29. The molecule has 4 nitrogen and oxygen atoms in total. The fourth-order valence-corrected chi connectivity index (χ4v) is 4.34. The van der Waals surface area contributed by atoms with Crippen molar-refractivity contribution in [3.63, 3.8) is 0 Å². The number of amides is 1. The average molecular weight is 351 g/mol. The third kappa shape index (κ3) is 4.64.